The number of ether oxygens (including phenoxy) is 2. The van der Waals surface area contributed by atoms with Gasteiger partial charge in [0.25, 0.3) is 11.7 Å². The molecule has 1 heterocycles. The number of Topliss-reactive ketones (excluding diaryl/α,β-unsaturated/α-hetero) is 1. The summed E-state index contributed by atoms with van der Waals surface area (Å²) < 4.78 is 11.4. The number of nitrogens with zero attached hydrogens (tertiary/aromatic N) is 1. The number of hydrogen-bond donors (Lipinski definition) is 1. The molecule has 0 bridgehead atoms. The van der Waals surface area contributed by atoms with E-state index in [2.05, 4.69) is 6.92 Å². The normalized spacial score (nSPS) is 17.6. The van der Waals surface area contributed by atoms with Crippen molar-refractivity contribution in [3.05, 3.63) is 65.2 Å². The molecule has 1 fully saturated rings. The van der Waals surface area contributed by atoms with Crippen LogP contribution in [0.25, 0.3) is 5.76 Å². The summed E-state index contributed by atoms with van der Waals surface area (Å²) in [5.41, 5.74) is 1.33. The van der Waals surface area contributed by atoms with Crippen molar-refractivity contribution in [3.8, 4) is 11.5 Å². The Morgan fingerprint density at radius 1 is 0.882 bits per heavy atom. The largest absolute Gasteiger partial charge is 0.507 e. The van der Waals surface area contributed by atoms with Gasteiger partial charge in [-0.2, -0.15) is 0 Å². The molecule has 1 N–H and O–H groups in total. The van der Waals surface area contributed by atoms with Crippen LogP contribution in [0.1, 0.15) is 71.0 Å². The number of unbranched alkanes of at least 4 members (excludes halogenated alkanes) is 2. The minimum absolute atomic E-state index is 0.0236. The van der Waals surface area contributed by atoms with Crippen LogP contribution in [-0.4, -0.2) is 40.4 Å². The highest BCUT2D eigenvalue weighted by atomic mass is 16.5. The van der Waals surface area contributed by atoms with E-state index in [1.54, 1.807) is 29.2 Å². The predicted molar refractivity (Wildman–Crippen MR) is 133 cm³/mol. The maximum absolute atomic E-state index is 13.1. The maximum Gasteiger partial charge on any atom is 0.295 e. The quantitative estimate of drug-likeness (QED) is 0.205. The molecular formula is C28H35NO5. The zero-order chi connectivity index (χ0) is 24.8. The third-order valence-electron chi connectivity index (χ3n) is 5.61. The van der Waals surface area contributed by atoms with Gasteiger partial charge in [-0.1, -0.05) is 31.9 Å². The lowest BCUT2D eigenvalue weighted by atomic mass is 9.95. The first kappa shape index (κ1) is 25.3. The van der Waals surface area contributed by atoms with Gasteiger partial charge >= 0.3 is 0 Å². The zero-order valence-corrected chi connectivity index (χ0v) is 20.7. The van der Waals surface area contributed by atoms with Crippen LogP contribution in [0.5, 0.6) is 11.5 Å². The molecule has 3 rings (SSSR count). The van der Waals surface area contributed by atoms with E-state index in [1.165, 1.54) is 0 Å². The summed E-state index contributed by atoms with van der Waals surface area (Å²) in [6.45, 7) is 10.3. The number of aliphatic hydroxyl groups excluding tert-OH is 1. The van der Waals surface area contributed by atoms with Gasteiger partial charge in [-0.3, -0.25) is 9.59 Å². The Bertz CT molecular complexity index is 1020. The fraction of sp³-hybridized carbons (Fsp3) is 0.429. The Morgan fingerprint density at radius 2 is 1.41 bits per heavy atom. The Hall–Kier alpha value is -3.28. The number of likely N-dealkylation sites (tertiary alicyclic amines) is 1. The first-order valence-electron chi connectivity index (χ1n) is 12.0. The molecule has 0 saturated carbocycles. The molecule has 34 heavy (non-hydrogen) atoms. The Labute approximate surface area is 202 Å². The highest BCUT2D eigenvalue weighted by Crippen LogP contribution is 2.40. The van der Waals surface area contributed by atoms with E-state index < -0.39 is 17.7 Å². The molecule has 1 amide bonds. The van der Waals surface area contributed by atoms with E-state index in [-0.39, 0.29) is 23.5 Å². The average molecular weight is 466 g/mol. The summed E-state index contributed by atoms with van der Waals surface area (Å²) in [5, 5.41) is 11.2. The van der Waals surface area contributed by atoms with Gasteiger partial charge in [-0.15, -0.1) is 0 Å². The molecule has 0 radical (unpaired) electrons. The Kier molecular flexibility index (Phi) is 8.37. The molecule has 0 aromatic heterocycles. The standard InChI is InChI=1S/C28H35NO5/c1-6-7-8-17-29-25(20-9-13-22(14-10-20)33-18(2)3)24(27(31)28(29)32)26(30)21-11-15-23(16-12-21)34-19(4)5/h9-16,18-19,25,30H,6-8,17H2,1-5H3/b26-24-. The zero-order valence-electron chi connectivity index (χ0n) is 20.7. The number of carbonyl (C=O) groups excluding carboxylic acids is 2. The smallest absolute Gasteiger partial charge is 0.295 e. The molecule has 2 aromatic rings. The molecule has 182 valence electrons. The van der Waals surface area contributed by atoms with Gasteiger partial charge in [0, 0.05) is 12.1 Å². The molecule has 1 unspecified atom stereocenters. The SMILES string of the molecule is CCCCCN1C(=O)C(=O)/C(=C(\O)c2ccc(OC(C)C)cc2)C1c1ccc(OC(C)C)cc1. The van der Waals surface area contributed by atoms with Crippen LogP contribution in [0.3, 0.4) is 0 Å². The topological polar surface area (TPSA) is 76.1 Å². The van der Waals surface area contributed by atoms with Crippen molar-refractivity contribution in [2.75, 3.05) is 6.54 Å². The molecule has 0 spiro atoms. The van der Waals surface area contributed by atoms with E-state index in [4.69, 9.17) is 9.47 Å². The minimum atomic E-state index is -0.663. The number of rotatable bonds is 10. The first-order chi connectivity index (χ1) is 16.2. The molecule has 2 aromatic carbocycles. The van der Waals surface area contributed by atoms with Gasteiger partial charge in [0.15, 0.2) is 0 Å². The number of amides is 1. The van der Waals surface area contributed by atoms with Gasteiger partial charge < -0.3 is 19.5 Å². The van der Waals surface area contributed by atoms with Crippen LogP contribution in [0.15, 0.2) is 54.1 Å². The summed E-state index contributed by atoms with van der Waals surface area (Å²) in [5.74, 6) is -0.0415. The molecule has 1 saturated heterocycles. The minimum Gasteiger partial charge on any atom is -0.507 e. The molecule has 0 aliphatic carbocycles. The van der Waals surface area contributed by atoms with Gasteiger partial charge in [0.2, 0.25) is 0 Å². The summed E-state index contributed by atoms with van der Waals surface area (Å²) in [6, 6.07) is 13.6. The van der Waals surface area contributed by atoms with Crippen molar-refractivity contribution < 1.29 is 24.2 Å². The van der Waals surface area contributed by atoms with Crippen molar-refractivity contribution in [2.45, 2.75) is 72.1 Å². The molecule has 1 atom stereocenters. The highest BCUT2D eigenvalue weighted by Gasteiger charge is 2.45. The summed E-state index contributed by atoms with van der Waals surface area (Å²) >= 11 is 0. The highest BCUT2D eigenvalue weighted by molar-refractivity contribution is 6.46. The lowest BCUT2D eigenvalue weighted by molar-refractivity contribution is -0.139. The van der Waals surface area contributed by atoms with E-state index in [0.29, 0.717) is 23.6 Å². The van der Waals surface area contributed by atoms with E-state index in [9.17, 15) is 14.7 Å². The van der Waals surface area contributed by atoms with Crippen molar-refractivity contribution in [2.24, 2.45) is 0 Å². The number of aliphatic hydroxyl groups is 1. The van der Waals surface area contributed by atoms with Crippen molar-refractivity contribution in [3.63, 3.8) is 0 Å². The fourth-order valence-corrected chi connectivity index (χ4v) is 4.11. The first-order valence-corrected chi connectivity index (χ1v) is 12.0. The van der Waals surface area contributed by atoms with Crippen LogP contribution in [0.2, 0.25) is 0 Å². The third kappa shape index (κ3) is 5.79. The van der Waals surface area contributed by atoms with E-state index in [0.717, 1.165) is 24.8 Å². The monoisotopic (exact) mass is 465 g/mol. The maximum atomic E-state index is 13.1. The number of hydrogen-bond acceptors (Lipinski definition) is 5. The second-order valence-corrected chi connectivity index (χ2v) is 9.13. The van der Waals surface area contributed by atoms with Gasteiger partial charge in [-0.25, -0.2) is 0 Å². The average Bonchev–Trinajstić information content (AvgIpc) is 3.04. The lowest BCUT2D eigenvalue weighted by Gasteiger charge is -2.25. The third-order valence-corrected chi connectivity index (χ3v) is 5.61. The molecule has 1 aliphatic heterocycles. The van der Waals surface area contributed by atoms with E-state index in [1.807, 2.05) is 52.0 Å². The molecule has 6 heteroatoms. The molecule has 6 nitrogen and oxygen atoms in total. The van der Waals surface area contributed by atoms with Crippen LogP contribution in [0.4, 0.5) is 0 Å². The van der Waals surface area contributed by atoms with Crippen LogP contribution >= 0.6 is 0 Å². The van der Waals surface area contributed by atoms with E-state index >= 15 is 0 Å². The van der Waals surface area contributed by atoms with Crippen molar-refractivity contribution >= 4 is 17.4 Å². The Balaban J connectivity index is 2.03. The fourth-order valence-electron chi connectivity index (χ4n) is 4.11. The van der Waals surface area contributed by atoms with Crippen molar-refractivity contribution in [1.82, 2.24) is 4.90 Å². The Morgan fingerprint density at radius 3 is 1.91 bits per heavy atom. The molecular weight excluding hydrogens is 430 g/mol. The van der Waals surface area contributed by atoms with Crippen LogP contribution in [0, 0.1) is 0 Å². The second-order valence-electron chi connectivity index (χ2n) is 9.13. The van der Waals surface area contributed by atoms with Crippen LogP contribution < -0.4 is 9.47 Å². The van der Waals surface area contributed by atoms with Gasteiger partial charge in [0.1, 0.15) is 17.3 Å². The van der Waals surface area contributed by atoms with Crippen LogP contribution in [-0.2, 0) is 9.59 Å². The number of benzene rings is 2. The number of carbonyl (C=O) groups is 2. The van der Waals surface area contributed by atoms with Gasteiger partial charge in [-0.05, 0) is 76.1 Å². The number of ketones is 1. The summed E-state index contributed by atoms with van der Waals surface area (Å²) in [6.07, 6.45) is 2.80. The molecule has 1 aliphatic rings. The van der Waals surface area contributed by atoms with Gasteiger partial charge in [0.05, 0.1) is 23.8 Å². The second kappa shape index (κ2) is 11.2. The summed E-state index contributed by atoms with van der Waals surface area (Å²) in [4.78, 5) is 27.7. The van der Waals surface area contributed by atoms with Crippen molar-refractivity contribution in [1.29, 1.82) is 0 Å². The lowest BCUT2D eigenvalue weighted by Crippen LogP contribution is -2.30. The summed E-state index contributed by atoms with van der Waals surface area (Å²) in [7, 11) is 0. The predicted octanol–water partition coefficient (Wildman–Crippen LogP) is 5.87.